The van der Waals surface area contributed by atoms with Crippen LogP contribution in [0.4, 0.5) is 22.9 Å². The van der Waals surface area contributed by atoms with Crippen LogP contribution in [0.15, 0.2) is 77.5 Å². The van der Waals surface area contributed by atoms with Crippen LogP contribution in [0.1, 0.15) is 20.8 Å². The average molecular weight is 581 g/mol. The smallest absolute Gasteiger partial charge is 0.274 e. The predicted molar refractivity (Wildman–Crippen MR) is 149 cm³/mol. The van der Waals surface area contributed by atoms with Crippen LogP contribution in [0.3, 0.4) is 0 Å². The second-order valence-electron chi connectivity index (χ2n) is 8.38. The van der Waals surface area contributed by atoms with Gasteiger partial charge in [-0.25, -0.2) is 0 Å². The molecule has 0 saturated carbocycles. The molecule has 0 aliphatic carbocycles. The Bertz CT molecular complexity index is 1400. The number of hydrogen-bond donors (Lipinski definition) is 3. The first-order valence-corrected chi connectivity index (χ1v) is 12.8. The number of nitrogens with one attached hydrogen (secondary N) is 3. The van der Waals surface area contributed by atoms with Crippen LogP contribution >= 0.6 is 27.5 Å². The minimum atomic E-state index is -0.429. The summed E-state index contributed by atoms with van der Waals surface area (Å²) < 4.78 is 0.342. The highest BCUT2D eigenvalue weighted by Gasteiger charge is 2.21. The van der Waals surface area contributed by atoms with Gasteiger partial charge in [-0.2, -0.15) is 5.10 Å². The lowest BCUT2D eigenvalue weighted by Crippen LogP contribution is -2.46. The van der Waals surface area contributed by atoms with E-state index in [4.69, 9.17) is 11.6 Å². The number of carbonyl (C=O) groups is 2. The number of pyridine rings is 1. The number of amides is 2. The maximum Gasteiger partial charge on any atom is 0.274 e. The van der Waals surface area contributed by atoms with Crippen molar-refractivity contribution in [3.8, 4) is 0 Å². The van der Waals surface area contributed by atoms with Gasteiger partial charge in [0, 0.05) is 55.6 Å². The van der Waals surface area contributed by atoms with E-state index in [2.05, 4.69) is 51.5 Å². The average Bonchev–Trinajstić information content (AvgIpc) is 3.29. The Morgan fingerprint density at radius 1 is 0.838 bits per heavy atom. The van der Waals surface area contributed by atoms with Crippen LogP contribution in [0.2, 0.25) is 5.02 Å². The third-order valence-electron chi connectivity index (χ3n) is 6.08. The molecule has 1 aliphatic heterocycles. The van der Waals surface area contributed by atoms with Gasteiger partial charge in [-0.05, 0) is 64.5 Å². The number of rotatable bonds is 6. The molecule has 4 aromatic rings. The summed E-state index contributed by atoms with van der Waals surface area (Å²) in [6.07, 6.45) is 3.63. The van der Waals surface area contributed by atoms with E-state index in [1.165, 1.54) is 5.69 Å². The minimum Gasteiger partial charge on any atom is -0.368 e. The molecule has 0 spiro atoms. The number of anilines is 4. The van der Waals surface area contributed by atoms with Gasteiger partial charge in [-0.3, -0.25) is 19.7 Å². The highest BCUT2D eigenvalue weighted by atomic mass is 79.9. The van der Waals surface area contributed by atoms with Gasteiger partial charge in [0.05, 0.1) is 15.1 Å². The Morgan fingerprint density at radius 3 is 2.11 bits per heavy atom. The van der Waals surface area contributed by atoms with Crippen molar-refractivity contribution in [2.75, 3.05) is 46.6 Å². The summed E-state index contributed by atoms with van der Waals surface area (Å²) >= 11 is 9.45. The molecule has 2 aromatic carbocycles. The standard InChI is InChI=1S/C26H23BrClN7O2/c27-22-23(32-33-24(22)31-25(36)20-3-1-2-4-21(20)28)26(37)30-17-5-7-18(8-6-17)34-13-15-35(16-14-34)19-9-11-29-12-10-19/h1-12H,13-16H2,(H,30,37)(H2,31,32,33,36). The Kier molecular flexibility index (Phi) is 7.38. The van der Waals surface area contributed by atoms with Gasteiger partial charge in [0.2, 0.25) is 0 Å². The fourth-order valence-corrected chi connectivity index (χ4v) is 4.79. The molecule has 0 unspecified atom stereocenters. The van der Waals surface area contributed by atoms with Crippen LogP contribution in [0.25, 0.3) is 0 Å². The number of nitrogens with zero attached hydrogens (tertiary/aromatic N) is 4. The Morgan fingerprint density at radius 2 is 1.46 bits per heavy atom. The first-order valence-electron chi connectivity index (χ1n) is 11.6. The van der Waals surface area contributed by atoms with Crippen LogP contribution in [0, 0.1) is 0 Å². The maximum atomic E-state index is 12.8. The molecule has 188 valence electrons. The van der Waals surface area contributed by atoms with E-state index in [0.29, 0.717) is 20.7 Å². The van der Waals surface area contributed by atoms with E-state index in [1.54, 1.807) is 24.3 Å². The molecular formula is C26H23BrClN7O2. The highest BCUT2D eigenvalue weighted by molar-refractivity contribution is 9.10. The number of aromatic nitrogens is 3. The molecule has 1 fully saturated rings. The number of aromatic amines is 1. The third kappa shape index (κ3) is 5.60. The Hall–Kier alpha value is -3.89. The van der Waals surface area contributed by atoms with Gasteiger partial charge in [0.1, 0.15) is 5.69 Å². The normalized spacial score (nSPS) is 13.4. The van der Waals surface area contributed by atoms with Gasteiger partial charge in [-0.1, -0.05) is 23.7 Å². The van der Waals surface area contributed by atoms with Crippen molar-refractivity contribution in [1.82, 2.24) is 15.2 Å². The number of hydrogen-bond acceptors (Lipinski definition) is 6. The molecular weight excluding hydrogens is 558 g/mol. The lowest BCUT2D eigenvalue weighted by molar-refractivity contribution is 0.101. The van der Waals surface area contributed by atoms with Crippen molar-refractivity contribution >= 4 is 62.2 Å². The largest absolute Gasteiger partial charge is 0.368 e. The van der Waals surface area contributed by atoms with E-state index in [0.717, 1.165) is 31.9 Å². The molecule has 0 atom stereocenters. The first-order chi connectivity index (χ1) is 18.0. The van der Waals surface area contributed by atoms with Crippen LogP contribution in [-0.4, -0.2) is 53.2 Å². The van der Waals surface area contributed by atoms with Crippen LogP contribution in [-0.2, 0) is 0 Å². The van der Waals surface area contributed by atoms with Crippen molar-refractivity contribution < 1.29 is 9.59 Å². The third-order valence-corrected chi connectivity index (χ3v) is 7.18. The van der Waals surface area contributed by atoms with Crippen molar-refractivity contribution in [1.29, 1.82) is 0 Å². The predicted octanol–water partition coefficient (Wildman–Crippen LogP) is 5.05. The summed E-state index contributed by atoms with van der Waals surface area (Å²) in [6, 6.07) is 18.5. The first kappa shape index (κ1) is 24.8. The quantitative estimate of drug-likeness (QED) is 0.295. The molecule has 3 N–H and O–H groups in total. The summed E-state index contributed by atoms with van der Waals surface area (Å²) in [5.74, 6) is -0.630. The molecule has 9 nitrogen and oxygen atoms in total. The molecule has 1 aliphatic rings. The lowest BCUT2D eigenvalue weighted by atomic mass is 10.2. The number of piperazine rings is 1. The highest BCUT2D eigenvalue weighted by Crippen LogP contribution is 2.27. The van der Waals surface area contributed by atoms with Crippen molar-refractivity contribution in [2.45, 2.75) is 0 Å². The SMILES string of the molecule is O=C(Nc1n[nH]c(C(=O)Nc2ccc(N3CCN(c4ccncc4)CC3)cc2)c1Br)c1ccccc1Cl. The second kappa shape index (κ2) is 11.0. The Labute approximate surface area is 227 Å². The van der Waals surface area contributed by atoms with E-state index in [-0.39, 0.29) is 11.5 Å². The van der Waals surface area contributed by atoms with Gasteiger partial charge in [0.15, 0.2) is 5.82 Å². The van der Waals surface area contributed by atoms with E-state index in [9.17, 15) is 9.59 Å². The fourth-order valence-electron chi connectivity index (χ4n) is 4.11. The molecule has 3 heterocycles. The summed E-state index contributed by atoms with van der Waals surface area (Å²) in [6.45, 7) is 3.65. The summed E-state index contributed by atoms with van der Waals surface area (Å²) in [5.41, 5.74) is 3.42. The summed E-state index contributed by atoms with van der Waals surface area (Å²) in [4.78, 5) is 34.1. The van der Waals surface area contributed by atoms with Gasteiger partial charge >= 0.3 is 0 Å². The van der Waals surface area contributed by atoms with Crippen LogP contribution in [0.5, 0.6) is 0 Å². The van der Waals surface area contributed by atoms with E-state index < -0.39 is 11.8 Å². The molecule has 2 aromatic heterocycles. The monoisotopic (exact) mass is 579 g/mol. The van der Waals surface area contributed by atoms with Crippen molar-refractivity contribution in [2.24, 2.45) is 0 Å². The van der Waals surface area contributed by atoms with E-state index in [1.807, 2.05) is 48.8 Å². The molecule has 2 amide bonds. The minimum absolute atomic E-state index is 0.186. The second-order valence-corrected chi connectivity index (χ2v) is 9.58. The molecule has 1 saturated heterocycles. The summed E-state index contributed by atoms with van der Waals surface area (Å²) in [5, 5.41) is 12.6. The maximum absolute atomic E-state index is 12.8. The fraction of sp³-hybridized carbons (Fsp3) is 0.154. The zero-order chi connectivity index (χ0) is 25.8. The molecule has 5 rings (SSSR count). The number of carbonyl (C=O) groups excluding carboxylic acids is 2. The molecule has 0 radical (unpaired) electrons. The topological polar surface area (TPSA) is 106 Å². The lowest BCUT2D eigenvalue weighted by Gasteiger charge is -2.37. The van der Waals surface area contributed by atoms with Crippen LogP contribution < -0.4 is 20.4 Å². The number of halogens is 2. The molecule has 37 heavy (non-hydrogen) atoms. The Balaban J connectivity index is 1.18. The number of H-pyrrole nitrogens is 1. The van der Waals surface area contributed by atoms with Gasteiger partial charge < -0.3 is 20.4 Å². The molecule has 0 bridgehead atoms. The van der Waals surface area contributed by atoms with Crippen molar-refractivity contribution in [3.63, 3.8) is 0 Å². The van der Waals surface area contributed by atoms with Crippen molar-refractivity contribution in [3.05, 3.63) is 93.8 Å². The summed E-state index contributed by atoms with van der Waals surface area (Å²) in [7, 11) is 0. The van der Waals surface area contributed by atoms with Gasteiger partial charge in [0.25, 0.3) is 11.8 Å². The van der Waals surface area contributed by atoms with E-state index >= 15 is 0 Å². The molecule has 11 heteroatoms. The van der Waals surface area contributed by atoms with Gasteiger partial charge in [-0.15, -0.1) is 0 Å². The zero-order valence-corrected chi connectivity index (χ0v) is 22.0. The number of benzene rings is 2. The zero-order valence-electron chi connectivity index (χ0n) is 19.6.